The van der Waals surface area contributed by atoms with E-state index in [1.165, 1.54) is 26.4 Å². The van der Waals surface area contributed by atoms with E-state index >= 15 is 0 Å². The number of methoxy groups -OCH3 is 2. The molecule has 1 heterocycles. The molecule has 0 unspecified atom stereocenters. The fraction of sp³-hybridized carbons (Fsp3) is 0.211. The van der Waals surface area contributed by atoms with Crippen LogP contribution in [0.2, 0.25) is 0 Å². The maximum Gasteiger partial charge on any atom is 0.261 e. The second kappa shape index (κ2) is 7.32. The molecule has 0 spiro atoms. The predicted octanol–water partition coefficient (Wildman–Crippen LogP) is 3.78. The van der Waals surface area contributed by atoms with Crippen molar-refractivity contribution in [3.8, 4) is 22.8 Å². The van der Waals surface area contributed by atoms with E-state index in [1.54, 1.807) is 37.3 Å². The van der Waals surface area contributed by atoms with Crippen LogP contribution < -0.4 is 14.2 Å². The molecule has 0 bridgehead atoms. The number of anilines is 1. The number of rotatable bonds is 6. The van der Waals surface area contributed by atoms with E-state index < -0.39 is 10.0 Å². The van der Waals surface area contributed by atoms with Crippen molar-refractivity contribution in [2.45, 2.75) is 18.7 Å². The molecular formula is C19H20N2O5S. The van der Waals surface area contributed by atoms with Crippen LogP contribution in [0.1, 0.15) is 11.7 Å². The number of hydrogen-bond donors (Lipinski definition) is 1. The number of sulfonamides is 1. The van der Waals surface area contributed by atoms with Crippen molar-refractivity contribution in [3.05, 3.63) is 54.1 Å². The Morgan fingerprint density at radius 1 is 0.963 bits per heavy atom. The lowest BCUT2D eigenvalue weighted by Gasteiger charge is -2.12. The summed E-state index contributed by atoms with van der Waals surface area (Å²) in [6.45, 7) is 3.58. The average molecular weight is 388 g/mol. The van der Waals surface area contributed by atoms with Gasteiger partial charge in [0.05, 0.1) is 24.8 Å². The molecule has 0 saturated carbocycles. The normalized spacial score (nSPS) is 11.3. The van der Waals surface area contributed by atoms with E-state index in [4.69, 9.17) is 13.9 Å². The van der Waals surface area contributed by atoms with Crippen LogP contribution in [0.5, 0.6) is 11.5 Å². The average Bonchev–Trinajstić information content (AvgIpc) is 2.99. The summed E-state index contributed by atoms with van der Waals surface area (Å²) in [5.41, 5.74) is 1.86. The molecule has 1 N–H and O–H groups in total. The Morgan fingerprint density at radius 2 is 1.63 bits per heavy atom. The maximum atomic E-state index is 12.7. The highest BCUT2D eigenvalue weighted by atomic mass is 32.2. The SMILES string of the molecule is COc1ccc(NS(=O)(=O)c2ccc(-c3nc(C)oc3C)cc2)cc1OC. The van der Waals surface area contributed by atoms with Crippen LogP contribution >= 0.6 is 0 Å². The molecular weight excluding hydrogens is 368 g/mol. The summed E-state index contributed by atoms with van der Waals surface area (Å²) in [7, 11) is -0.748. The Balaban J connectivity index is 1.86. The van der Waals surface area contributed by atoms with Gasteiger partial charge in [-0.2, -0.15) is 0 Å². The molecule has 0 radical (unpaired) electrons. The predicted molar refractivity (Wildman–Crippen MR) is 102 cm³/mol. The van der Waals surface area contributed by atoms with Crippen molar-refractivity contribution in [1.82, 2.24) is 4.98 Å². The van der Waals surface area contributed by atoms with Gasteiger partial charge >= 0.3 is 0 Å². The number of nitrogens with zero attached hydrogens (tertiary/aromatic N) is 1. The maximum absolute atomic E-state index is 12.7. The van der Waals surface area contributed by atoms with Gasteiger partial charge in [0.2, 0.25) is 0 Å². The van der Waals surface area contributed by atoms with E-state index in [0.29, 0.717) is 34.5 Å². The first kappa shape index (κ1) is 18.8. The van der Waals surface area contributed by atoms with Gasteiger partial charge in [-0.25, -0.2) is 13.4 Å². The Kier molecular flexibility index (Phi) is 5.09. The summed E-state index contributed by atoms with van der Waals surface area (Å²) in [5.74, 6) is 2.20. The molecule has 0 saturated heterocycles. The zero-order chi connectivity index (χ0) is 19.6. The molecule has 7 nitrogen and oxygen atoms in total. The second-order valence-electron chi connectivity index (χ2n) is 5.84. The molecule has 0 amide bonds. The van der Waals surface area contributed by atoms with Crippen molar-refractivity contribution in [1.29, 1.82) is 0 Å². The zero-order valence-electron chi connectivity index (χ0n) is 15.4. The topological polar surface area (TPSA) is 90.7 Å². The quantitative estimate of drug-likeness (QED) is 0.691. The standard InChI is InChI=1S/C19H20N2O5S/c1-12-19(20-13(2)26-12)14-5-8-16(9-6-14)27(22,23)21-15-7-10-17(24-3)18(11-15)25-4/h5-11,21H,1-4H3. The van der Waals surface area contributed by atoms with Crippen LogP contribution in [-0.2, 0) is 10.0 Å². The summed E-state index contributed by atoms with van der Waals surface area (Å²) in [6, 6.07) is 11.3. The van der Waals surface area contributed by atoms with Gasteiger partial charge < -0.3 is 13.9 Å². The van der Waals surface area contributed by atoms with Gasteiger partial charge in [-0.1, -0.05) is 12.1 Å². The van der Waals surface area contributed by atoms with Gasteiger partial charge in [-0.3, -0.25) is 4.72 Å². The van der Waals surface area contributed by atoms with Crippen molar-refractivity contribution >= 4 is 15.7 Å². The smallest absolute Gasteiger partial charge is 0.261 e. The van der Waals surface area contributed by atoms with Gasteiger partial charge in [-0.05, 0) is 31.2 Å². The first-order valence-corrected chi connectivity index (χ1v) is 9.61. The molecule has 3 aromatic rings. The van der Waals surface area contributed by atoms with Gasteiger partial charge in [0.1, 0.15) is 11.5 Å². The second-order valence-corrected chi connectivity index (χ2v) is 7.52. The molecule has 3 rings (SSSR count). The van der Waals surface area contributed by atoms with Crippen LogP contribution in [0.3, 0.4) is 0 Å². The summed E-state index contributed by atoms with van der Waals surface area (Å²) in [5, 5.41) is 0. The first-order chi connectivity index (χ1) is 12.8. The molecule has 142 valence electrons. The monoisotopic (exact) mass is 388 g/mol. The van der Waals surface area contributed by atoms with E-state index in [9.17, 15) is 8.42 Å². The zero-order valence-corrected chi connectivity index (χ0v) is 16.3. The number of nitrogens with one attached hydrogen (secondary N) is 1. The summed E-state index contributed by atoms with van der Waals surface area (Å²) < 4.78 is 43.6. The van der Waals surface area contributed by atoms with Crippen LogP contribution in [-0.4, -0.2) is 27.6 Å². The Hall–Kier alpha value is -3.00. The minimum Gasteiger partial charge on any atom is -0.493 e. The van der Waals surface area contributed by atoms with E-state index in [0.717, 1.165) is 5.56 Å². The third-order valence-corrected chi connectivity index (χ3v) is 5.37. The first-order valence-electron chi connectivity index (χ1n) is 8.13. The highest BCUT2D eigenvalue weighted by Gasteiger charge is 2.17. The molecule has 0 aliphatic heterocycles. The summed E-state index contributed by atoms with van der Waals surface area (Å²) >= 11 is 0. The van der Waals surface area contributed by atoms with Crippen molar-refractivity contribution < 1.29 is 22.3 Å². The molecule has 2 aromatic carbocycles. The molecule has 0 aliphatic rings. The Labute approximate surface area is 158 Å². The fourth-order valence-corrected chi connectivity index (χ4v) is 3.75. The number of hydrogen-bond acceptors (Lipinski definition) is 6. The molecule has 0 aliphatic carbocycles. The molecule has 1 aromatic heterocycles. The molecule has 0 fully saturated rings. The minimum absolute atomic E-state index is 0.138. The Morgan fingerprint density at radius 3 is 2.19 bits per heavy atom. The van der Waals surface area contributed by atoms with Crippen LogP contribution in [0, 0.1) is 13.8 Å². The molecule has 27 heavy (non-hydrogen) atoms. The highest BCUT2D eigenvalue weighted by Crippen LogP contribution is 2.31. The van der Waals surface area contributed by atoms with Gasteiger partial charge in [0.15, 0.2) is 17.4 Å². The summed E-state index contributed by atoms with van der Waals surface area (Å²) in [4.78, 5) is 4.46. The largest absolute Gasteiger partial charge is 0.493 e. The lowest BCUT2D eigenvalue weighted by atomic mass is 10.1. The van der Waals surface area contributed by atoms with Gasteiger partial charge in [0, 0.05) is 18.6 Å². The van der Waals surface area contributed by atoms with Crippen molar-refractivity contribution in [2.24, 2.45) is 0 Å². The van der Waals surface area contributed by atoms with Crippen LogP contribution in [0.4, 0.5) is 5.69 Å². The highest BCUT2D eigenvalue weighted by molar-refractivity contribution is 7.92. The minimum atomic E-state index is -3.75. The fourth-order valence-electron chi connectivity index (χ4n) is 2.70. The van der Waals surface area contributed by atoms with Gasteiger partial charge in [0.25, 0.3) is 10.0 Å². The number of oxazole rings is 1. The van der Waals surface area contributed by atoms with E-state index in [-0.39, 0.29) is 4.90 Å². The van der Waals surface area contributed by atoms with E-state index in [1.807, 2.05) is 6.92 Å². The number of benzene rings is 2. The van der Waals surface area contributed by atoms with Crippen molar-refractivity contribution in [2.75, 3.05) is 18.9 Å². The van der Waals surface area contributed by atoms with Crippen molar-refractivity contribution in [3.63, 3.8) is 0 Å². The molecule has 8 heteroatoms. The summed E-state index contributed by atoms with van der Waals surface area (Å²) in [6.07, 6.45) is 0. The van der Waals surface area contributed by atoms with Crippen LogP contribution in [0.25, 0.3) is 11.3 Å². The lowest BCUT2D eigenvalue weighted by molar-refractivity contribution is 0.355. The Bertz CT molecular complexity index is 1060. The van der Waals surface area contributed by atoms with E-state index in [2.05, 4.69) is 9.71 Å². The third kappa shape index (κ3) is 3.90. The number of aryl methyl sites for hydroxylation is 2. The number of aromatic nitrogens is 1. The van der Waals surface area contributed by atoms with Gasteiger partial charge in [-0.15, -0.1) is 0 Å². The lowest BCUT2D eigenvalue weighted by Crippen LogP contribution is -2.13. The third-order valence-electron chi connectivity index (χ3n) is 3.98. The van der Waals surface area contributed by atoms with Crippen LogP contribution in [0.15, 0.2) is 51.8 Å². The molecule has 0 atom stereocenters. The number of ether oxygens (including phenoxy) is 2.